The van der Waals surface area contributed by atoms with E-state index in [0.29, 0.717) is 22.5 Å². The van der Waals surface area contributed by atoms with Crippen molar-refractivity contribution in [3.05, 3.63) is 67.5 Å². The maximum absolute atomic E-state index is 13.1. The molecule has 0 atom stereocenters. The number of aromatic nitrogens is 3. The molecule has 0 saturated carbocycles. The fourth-order valence-electron chi connectivity index (χ4n) is 3.92. The van der Waals surface area contributed by atoms with Gasteiger partial charge < -0.3 is 10.2 Å². The number of H-pyrrole nitrogens is 1. The molecule has 31 heavy (non-hydrogen) atoms. The second kappa shape index (κ2) is 7.82. The fraction of sp³-hybridized carbons (Fsp3) is 0.318. The van der Waals surface area contributed by atoms with E-state index in [-0.39, 0.29) is 22.5 Å². The standard InChI is InChI=1S/C22H23N5O4/c1-12-11-15(17-18(23-12)26(3)22(31)25-20(17)29)19(28)24-16-8-6-7-14(13(16)2)21(30)27-9-4-5-10-27/h6-8,11H,4-5,9-10H2,1-3H3,(H,24,28)(H,25,29,31). The molecule has 2 amide bonds. The van der Waals surface area contributed by atoms with Gasteiger partial charge in [-0.2, -0.15) is 0 Å². The lowest BCUT2D eigenvalue weighted by atomic mass is 10.0. The predicted molar refractivity (Wildman–Crippen MR) is 117 cm³/mol. The summed E-state index contributed by atoms with van der Waals surface area (Å²) in [5, 5.41) is 2.85. The van der Waals surface area contributed by atoms with Gasteiger partial charge in [0.2, 0.25) is 0 Å². The molecular formula is C22H23N5O4. The highest BCUT2D eigenvalue weighted by atomic mass is 16.2. The van der Waals surface area contributed by atoms with E-state index in [4.69, 9.17) is 0 Å². The van der Waals surface area contributed by atoms with Gasteiger partial charge in [0.05, 0.1) is 10.9 Å². The van der Waals surface area contributed by atoms with E-state index in [2.05, 4.69) is 15.3 Å². The van der Waals surface area contributed by atoms with E-state index in [0.717, 1.165) is 25.9 Å². The van der Waals surface area contributed by atoms with Crippen molar-refractivity contribution in [2.45, 2.75) is 26.7 Å². The number of anilines is 1. The highest BCUT2D eigenvalue weighted by Crippen LogP contribution is 2.23. The Balaban J connectivity index is 1.74. The van der Waals surface area contributed by atoms with Gasteiger partial charge >= 0.3 is 5.69 Å². The molecule has 0 unspecified atom stereocenters. The third-order valence-corrected chi connectivity index (χ3v) is 5.65. The molecule has 1 fully saturated rings. The van der Waals surface area contributed by atoms with Crippen LogP contribution in [0, 0.1) is 13.8 Å². The maximum Gasteiger partial charge on any atom is 0.329 e. The van der Waals surface area contributed by atoms with Crippen molar-refractivity contribution in [3.63, 3.8) is 0 Å². The maximum atomic E-state index is 13.1. The van der Waals surface area contributed by atoms with E-state index in [1.54, 1.807) is 32.0 Å². The van der Waals surface area contributed by atoms with Gasteiger partial charge in [-0.25, -0.2) is 9.78 Å². The molecule has 0 bridgehead atoms. The van der Waals surface area contributed by atoms with Crippen molar-refractivity contribution in [3.8, 4) is 0 Å². The number of carbonyl (C=O) groups is 2. The normalized spacial score (nSPS) is 13.6. The van der Waals surface area contributed by atoms with Crippen LogP contribution in [0.1, 0.15) is 44.8 Å². The number of likely N-dealkylation sites (tertiary alicyclic amines) is 1. The first kappa shape index (κ1) is 20.5. The third kappa shape index (κ3) is 3.63. The van der Waals surface area contributed by atoms with Gasteiger partial charge in [0.15, 0.2) is 0 Å². The summed E-state index contributed by atoms with van der Waals surface area (Å²) in [7, 11) is 1.48. The number of carbonyl (C=O) groups excluding carboxylic acids is 2. The molecule has 0 radical (unpaired) electrons. The number of aryl methyl sites for hydroxylation is 2. The van der Waals surface area contributed by atoms with Crippen LogP contribution in [-0.4, -0.2) is 44.3 Å². The molecule has 9 heteroatoms. The lowest BCUT2D eigenvalue weighted by Gasteiger charge is -2.18. The molecule has 1 aliphatic heterocycles. The van der Waals surface area contributed by atoms with Crippen LogP contribution >= 0.6 is 0 Å². The Hall–Kier alpha value is -3.75. The van der Waals surface area contributed by atoms with Crippen molar-refractivity contribution >= 4 is 28.5 Å². The number of nitrogens with one attached hydrogen (secondary N) is 2. The number of amides is 2. The van der Waals surface area contributed by atoms with Gasteiger partial charge in [0.1, 0.15) is 5.65 Å². The Kier molecular flexibility index (Phi) is 5.18. The van der Waals surface area contributed by atoms with Crippen LogP contribution in [0.5, 0.6) is 0 Å². The summed E-state index contributed by atoms with van der Waals surface area (Å²) in [5.74, 6) is -0.573. The third-order valence-electron chi connectivity index (χ3n) is 5.65. The molecule has 0 spiro atoms. The lowest BCUT2D eigenvalue weighted by Crippen LogP contribution is -2.31. The Morgan fingerprint density at radius 1 is 1.10 bits per heavy atom. The van der Waals surface area contributed by atoms with Crippen molar-refractivity contribution in [2.24, 2.45) is 7.05 Å². The molecule has 9 nitrogen and oxygen atoms in total. The number of hydrogen-bond acceptors (Lipinski definition) is 5. The Morgan fingerprint density at radius 3 is 2.52 bits per heavy atom. The summed E-state index contributed by atoms with van der Waals surface area (Å²) in [6.07, 6.45) is 1.99. The largest absolute Gasteiger partial charge is 0.339 e. The molecule has 3 heterocycles. The van der Waals surface area contributed by atoms with Gasteiger partial charge in [-0.3, -0.25) is 23.9 Å². The highest BCUT2D eigenvalue weighted by Gasteiger charge is 2.23. The van der Waals surface area contributed by atoms with Crippen molar-refractivity contribution < 1.29 is 9.59 Å². The van der Waals surface area contributed by atoms with Crippen LogP contribution in [0.4, 0.5) is 5.69 Å². The summed E-state index contributed by atoms with van der Waals surface area (Å²) in [6, 6.07) is 6.69. The van der Waals surface area contributed by atoms with Crippen molar-refractivity contribution in [2.75, 3.05) is 18.4 Å². The monoisotopic (exact) mass is 421 g/mol. The number of benzene rings is 1. The van der Waals surface area contributed by atoms with Crippen molar-refractivity contribution in [1.82, 2.24) is 19.4 Å². The molecular weight excluding hydrogens is 398 g/mol. The van der Waals surface area contributed by atoms with Gasteiger partial charge in [-0.05, 0) is 50.5 Å². The molecule has 1 saturated heterocycles. The zero-order chi connectivity index (χ0) is 22.3. The molecule has 4 rings (SSSR count). The van der Waals surface area contributed by atoms with E-state index >= 15 is 0 Å². The van der Waals surface area contributed by atoms with Gasteiger partial charge in [0.25, 0.3) is 17.4 Å². The SMILES string of the molecule is Cc1cc(C(=O)Nc2cccc(C(=O)N3CCCC3)c2C)c2c(=O)[nH]c(=O)n(C)c2n1. The number of nitrogens with zero attached hydrogens (tertiary/aromatic N) is 3. The average Bonchev–Trinajstić information content (AvgIpc) is 3.27. The van der Waals surface area contributed by atoms with Crippen LogP contribution in [0.25, 0.3) is 11.0 Å². The first-order valence-corrected chi connectivity index (χ1v) is 10.1. The average molecular weight is 421 g/mol. The second-order valence-corrected chi connectivity index (χ2v) is 7.76. The van der Waals surface area contributed by atoms with Gasteiger partial charge in [0, 0.05) is 37.1 Å². The minimum Gasteiger partial charge on any atom is -0.339 e. The summed E-state index contributed by atoms with van der Waals surface area (Å²) in [5.41, 5.74) is 1.13. The minimum absolute atomic E-state index is 0.0344. The lowest BCUT2D eigenvalue weighted by molar-refractivity contribution is 0.0791. The highest BCUT2D eigenvalue weighted by molar-refractivity contribution is 6.12. The van der Waals surface area contributed by atoms with Crippen LogP contribution < -0.4 is 16.6 Å². The van der Waals surface area contributed by atoms with Crippen LogP contribution in [0.15, 0.2) is 33.9 Å². The number of pyridine rings is 1. The molecule has 0 aliphatic carbocycles. The topological polar surface area (TPSA) is 117 Å². The molecule has 3 aromatic rings. The fourth-order valence-corrected chi connectivity index (χ4v) is 3.92. The summed E-state index contributed by atoms with van der Waals surface area (Å²) >= 11 is 0. The molecule has 1 aromatic carbocycles. The van der Waals surface area contributed by atoms with Crippen LogP contribution in [0.3, 0.4) is 0 Å². The van der Waals surface area contributed by atoms with Crippen LogP contribution in [0.2, 0.25) is 0 Å². The second-order valence-electron chi connectivity index (χ2n) is 7.76. The molecule has 160 valence electrons. The first-order valence-electron chi connectivity index (χ1n) is 10.1. The number of aromatic amines is 1. The van der Waals surface area contributed by atoms with E-state index in [9.17, 15) is 19.2 Å². The number of fused-ring (bicyclic) bond motifs is 1. The smallest absolute Gasteiger partial charge is 0.329 e. The zero-order valence-corrected chi connectivity index (χ0v) is 17.6. The number of hydrogen-bond donors (Lipinski definition) is 2. The van der Waals surface area contributed by atoms with Gasteiger partial charge in [-0.15, -0.1) is 0 Å². The van der Waals surface area contributed by atoms with E-state index < -0.39 is 17.2 Å². The molecule has 2 aromatic heterocycles. The minimum atomic E-state index is -0.676. The molecule has 2 N–H and O–H groups in total. The van der Waals surface area contributed by atoms with Gasteiger partial charge in [-0.1, -0.05) is 6.07 Å². The summed E-state index contributed by atoms with van der Waals surface area (Å²) in [4.78, 5) is 58.6. The van der Waals surface area contributed by atoms with E-state index in [1.807, 2.05) is 4.90 Å². The van der Waals surface area contributed by atoms with E-state index in [1.165, 1.54) is 17.7 Å². The Labute approximate surface area is 177 Å². The summed E-state index contributed by atoms with van der Waals surface area (Å²) < 4.78 is 1.20. The number of rotatable bonds is 3. The quantitative estimate of drug-likeness (QED) is 0.668. The predicted octanol–water partition coefficient (Wildman–Crippen LogP) is 1.73. The Bertz CT molecular complexity index is 1330. The molecule has 1 aliphatic rings. The zero-order valence-electron chi connectivity index (χ0n) is 17.6. The Morgan fingerprint density at radius 2 is 1.81 bits per heavy atom. The van der Waals surface area contributed by atoms with Crippen molar-refractivity contribution in [1.29, 1.82) is 0 Å². The first-order chi connectivity index (χ1) is 14.8. The summed E-state index contributed by atoms with van der Waals surface area (Å²) in [6.45, 7) is 4.94. The van der Waals surface area contributed by atoms with Crippen LogP contribution in [-0.2, 0) is 7.05 Å².